The second-order valence-corrected chi connectivity index (χ2v) is 3.60. The zero-order chi connectivity index (χ0) is 10.9. The Morgan fingerprint density at radius 2 is 2.00 bits per heavy atom. The van der Waals surface area contributed by atoms with E-state index in [0.29, 0.717) is 36.6 Å². The molecule has 1 rings (SSSR count). The first-order chi connectivity index (χ1) is 7.36. The minimum absolute atomic E-state index is 0.106. The van der Waals surface area contributed by atoms with Crippen molar-refractivity contribution in [1.82, 2.24) is 10.2 Å². The van der Waals surface area contributed by atoms with Crippen molar-refractivity contribution in [2.24, 2.45) is 0 Å². The first kappa shape index (κ1) is 12.3. The van der Waals surface area contributed by atoms with Gasteiger partial charge in [0, 0.05) is 7.11 Å². The summed E-state index contributed by atoms with van der Waals surface area (Å²) in [5, 5.41) is 17.2. The van der Waals surface area contributed by atoms with E-state index in [1.165, 1.54) is 11.3 Å². The fraction of sp³-hybridized carbons (Fsp3) is 0.750. The topological polar surface area (TPSA) is 73.7 Å². The number of ether oxygens (including phenoxy) is 3. The molecule has 0 saturated heterocycles. The molecule has 0 spiro atoms. The highest BCUT2D eigenvalue weighted by molar-refractivity contribution is 7.13. The first-order valence-electron chi connectivity index (χ1n) is 4.49. The normalized spacial score (nSPS) is 10.5. The molecule has 6 nitrogen and oxygen atoms in total. The van der Waals surface area contributed by atoms with Crippen molar-refractivity contribution in [3.63, 3.8) is 0 Å². The Labute approximate surface area is 91.8 Å². The zero-order valence-electron chi connectivity index (χ0n) is 8.51. The summed E-state index contributed by atoms with van der Waals surface area (Å²) in [5.41, 5.74) is 0. The molecular formula is C8H14N2O4S. The number of hydrogen-bond acceptors (Lipinski definition) is 7. The average molecular weight is 234 g/mol. The summed E-state index contributed by atoms with van der Waals surface area (Å²) in [6.07, 6.45) is 0. The maximum absolute atomic E-state index is 8.73. The van der Waals surface area contributed by atoms with Crippen molar-refractivity contribution in [2.45, 2.75) is 6.61 Å². The van der Waals surface area contributed by atoms with Crippen molar-refractivity contribution < 1.29 is 19.3 Å². The zero-order valence-corrected chi connectivity index (χ0v) is 9.33. The van der Waals surface area contributed by atoms with Crippen molar-refractivity contribution in [3.8, 4) is 5.19 Å². The van der Waals surface area contributed by atoms with Crippen LogP contribution in [0.15, 0.2) is 0 Å². The van der Waals surface area contributed by atoms with Gasteiger partial charge in [0.15, 0.2) is 0 Å². The van der Waals surface area contributed by atoms with Crippen molar-refractivity contribution in [2.75, 3.05) is 33.5 Å². The smallest absolute Gasteiger partial charge is 0.294 e. The summed E-state index contributed by atoms with van der Waals surface area (Å²) in [4.78, 5) is 0. The third kappa shape index (κ3) is 5.03. The lowest BCUT2D eigenvalue weighted by atomic mass is 10.7. The van der Waals surface area contributed by atoms with Crippen molar-refractivity contribution in [1.29, 1.82) is 0 Å². The molecule has 1 aromatic heterocycles. The maximum atomic E-state index is 8.73. The SMILES string of the molecule is COCCOCCOc1nnc(CO)s1. The summed E-state index contributed by atoms with van der Waals surface area (Å²) in [6, 6.07) is 0. The van der Waals surface area contributed by atoms with Gasteiger partial charge in [-0.2, -0.15) is 0 Å². The first-order valence-corrected chi connectivity index (χ1v) is 5.31. The molecule has 0 fully saturated rings. The van der Waals surface area contributed by atoms with Gasteiger partial charge in [0.2, 0.25) is 0 Å². The van der Waals surface area contributed by atoms with Gasteiger partial charge in [0.1, 0.15) is 11.6 Å². The highest BCUT2D eigenvalue weighted by atomic mass is 32.1. The molecule has 86 valence electrons. The molecule has 1 heterocycles. The van der Waals surface area contributed by atoms with Gasteiger partial charge in [0.25, 0.3) is 5.19 Å². The Bertz CT molecular complexity index is 269. The summed E-state index contributed by atoms with van der Waals surface area (Å²) in [5.74, 6) is 0. The number of hydrogen-bond donors (Lipinski definition) is 1. The second kappa shape index (κ2) is 7.52. The van der Waals surface area contributed by atoms with Crippen LogP contribution in [0.1, 0.15) is 5.01 Å². The van der Waals surface area contributed by atoms with Gasteiger partial charge < -0.3 is 19.3 Å². The average Bonchev–Trinajstić information content (AvgIpc) is 2.71. The van der Waals surface area contributed by atoms with Crippen LogP contribution >= 0.6 is 11.3 Å². The van der Waals surface area contributed by atoms with Gasteiger partial charge in [-0.15, -0.1) is 5.10 Å². The van der Waals surface area contributed by atoms with Crippen LogP contribution in [0.25, 0.3) is 0 Å². The molecule has 0 unspecified atom stereocenters. The molecule has 0 radical (unpaired) electrons. The molecule has 0 aromatic carbocycles. The highest BCUT2D eigenvalue weighted by Gasteiger charge is 2.02. The number of aromatic nitrogens is 2. The molecular weight excluding hydrogens is 220 g/mol. The van der Waals surface area contributed by atoms with Crippen molar-refractivity contribution in [3.05, 3.63) is 5.01 Å². The van der Waals surface area contributed by atoms with Crippen LogP contribution in [-0.2, 0) is 16.1 Å². The molecule has 0 atom stereocenters. The quantitative estimate of drug-likeness (QED) is 0.642. The summed E-state index contributed by atoms with van der Waals surface area (Å²) < 4.78 is 15.2. The van der Waals surface area contributed by atoms with E-state index in [2.05, 4.69) is 10.2 Å². The second-order valence-electron chi connectivity index (χ2n) is 2.57. The molecule has 1 aromatic rings. The number of nitrogens with zero attached hydrogens (tertiary/aromatic N) is 2. The van der Waals surface area contributed by atoms with Gasteiger partial charge in [-0.1, -0.05) is 16.4 Å². The predicted octanol–water partition coefficient (Wildman–Crippen LogP) is 0.0722. The summed E-state index contributed by atoms with van der Waals surface area (Å²) in [6.45, 7) is 1.93. The third-order valence-corrected chi connectivity index (χ3v) is 2.29. The largest absolute Gasteiger partial charge is 0.466 e. The van der Waals surface area contributed by atoms with E-state index >= 15 is 0 Å². The molecule has 1 N–H and O–H groups in total. The maximum Gasteiger partial charge on any atom is 0.294 e. The van der Waals surface area contributed by atoms with Crippen LogP contribution in [0.5, 0.6) is 5.19 Å². The molecule has 0 aliphatic heterocycles. The van der Waals surface area contributed by atoms with Crippen LogP contribution in [0.3, 0.4) is 0 Å². The van der Waals surface area contributed by atoms with Crippen LogP contribution in [-0.4, -0.2) is 48.8 Å². The molecule has 0 saturated carbocycles. The molecule has 0 bridgehead atoms. The van der Waals surface area contributed by atoms with Crippen LogP contribution in [0, 0.1) is 0 Å². The molecule has 0 aliphatic rings. The summed E-state index contributed by atoms with van der Waals surface area (Å²) >= 11 is 1.23. The van der Waals surface area contributed by atoms with Crippen molar-refractivity contribution >= 4 is 11.3 Å². The minimum Gasteiger partial charge on any atom is -0.466 e. The summed E-state index contributed by atoms with van der Waals surface area (Å²) in [7, 11) is 1.62. The van der Waals surface area contributed by atoms with Gasteiger partial charge >= 0.3 is 0 Å². The van der Waals surface area contributed by atoms with Crippen LogP contribution < -0.4 is 4.74 Å². The number of aliphatic hydroxyl groups excluding tert-OH is 1. The fourth-order valence-corrected chi connectivity index (χ4v) is 1.36. The minimum atomic E-state index is -0.106. The van der Waals surface area contributed by atoms with E-state index in [4.69, 9.17) is 19.3 Å². The predicted molar refractivity (Wildman–Crippen MR) is 54.0 cm³/mol. The van der Waals surface area contributed by atoms with E-state index < -0.39 is 0 Å². The monoisotopic (exact) mass is 234 g/mol. The molecule has 0 aliphatic carbocycles. The lowest BCUT2D eigenvalue weighted by Crippen LogP contribution is -2.09. The Morgan fingerprint density at radius 3 is 2.67 bits per heavy atom. The van der Waals surface area contributed by atoms with E-state index in [9.17, 15) is 0 Å². The van der Waals surface area contributed by atoms with E-state index in [0.717, 1.165) is 0 Å². The van der Waals surface area contributed by atoms with Gasteiger partial charge in [0.05, 0.1) is 26.4 Å². The van der Waals surface area contributed by atoms with E-state index in [1.807, 2.05) is 0 Å². The van der Waals surface area contributed by atoms with Crippen LogP contribution in [0.4, 0.5) is 0 Å². The van der Waals surface area contributed by atoms with Gasteiger partial charge in [-0.05, 0) is 0 Å². The van der Waals surface area contributed by atoms with E-state index in [1.54, 1.807) is 7.11 Å². The fourth-order valence-electron chi connectivity index (χ4n) is 0.793. The Kier molecular flexibility index (Phi) is 6.17. The lowest BCUT2D eigenvalue weighted by molar-refractivity contribution is 0.0543. The Balaban J connectivity index is 2.04. The molecule has 0 amide bonds. The number of aliphatic hydroxyl groups is 1. The number of methoxy groups -OCH3 is 1. The highest BCUT2D eigenvalue weighted by Crippen LogP contribution is 2.16. The van der Waals surface area contributed by atoms with E-state index in [-0.39, 0.29) is 6.61 Å². The van der Waals surface area contributed by atoms with Gasteiger partial charge in [-0.3, -0.25) is 0 Å². The van der Waals surface area contributed by atoms with Crippen LogP contribution in [0.2, 0.25) is 0 Å². The number of rotatable bonds is 8. The lowest BCUT2D eigenvalue weighted by Gasteiger charge is -2.03. The Morgan fingerprint density at radius 1 is 1.20 bits per heavy atom. The van der Waals surface area contributed by atoms with Gasteiger partial charge in [-0.25, -0.2) is 0 Å². The Hall–Kier alpha value is -0.760. The standard InChI is InChI=1S/C8H14N2O4S/c1-12-2-3-13-4-5-14-8-10-9-7(6-11)15-8/h11H,2-6H2,1H3. The molecule has 15 heavy (non-hydrogen) atoms. The molecule has 7 heteroatoms. The third-order valence-electron chi connectivity index (χ3n) is 1.47.